The summed E-state index contributed by atoms with van der Waals surface area (Å²) in [5, 5.41) is 7.62. The average molecular weight is 425 g/mol. The third-order valence-electron chi connectivity index (χ3n) is 4.90. The molecule has 4 rings (SSSR count). The van der Waals surface area contributed by atoms with E-state index in [-0.39, 0.29) is 5.91 Å². The number of hydrogen-bond acceptors (Lipinski definition) is 4. The summed E-state index contributed by atoms with van der Waals surface area (Å²) in [4.78, 5) is 23.4. The van der Waals surface area contributed by atoms with Crippen molar-refractivity contribution in [1.29, 1.82) is 0 Å². The molecule has 1 aromatic heterocycles. The van der Waals surface area contributed by atoms with Crippen LogP contribution in [-0.4, -0.2) is 21.7 Å². The van der Waals surface area contributed by atoms with E-state index >= 15 is 0 Å². The number of carbonyl (C=O) groups is 2. The Kier molecular flexibility index (Phi) is 5.85. The molecule has 4 aromatic rings. The van der Waals surface area contributed by atoms with E-state index in [0.29, 0.717) is 22.8 Å². The Hall–Kier alpha value is -4.19. The second-order valence-electron chi connectivity index (χ2n) is 7.49. The Morgan fingerprint density at radius 3 is 2.06 bits per heavy atom. The SMILES string of the molecule is CC(=O)Nc1ccc(-c2c(-c3ccc(C)cc3)nn(-c3ccccc3)c2OC(C)=O)cc1. The predicted octanol–water partition coefficient (Wildman–Crippen LogP) is 5.40. The highest BCUT2D eigenvalue weighted by Gasteiger charge is 2.24. The molecule has 0 saturated carbocycles. The standard InChI is InChI=1S/C26H23N3O3/c1-17-9-11-21(12-10-17)25-24(20-13-15-22(16-14-20)27-18(2)30)26(32-19(3)31)29(28-25)23-7-5-4-6-8-23/h4-16H,1-3H3,(H,27,30). The van der Waals surface area contributed by atoms with Crippen LogP contribution >= 0.6 is 0 Å². The van der Waals surface area contributed by atoms with E-state index in [1.54, 1.807) is 4.68 Å². The number of hydrogen-bond donors (Lipinski definition) is 1. The van der Waals surface area contributed by atoms with Crippen LogP contribution in [0.5, 0.6) is 5.88 Å². The number of carbonyl (C=O) groups excluding carboxylic acids is 2. The number of benzene rings is 3. The molecule has 0 radical (unpaired) electrons. The van der Waals surface area contributed by atoms with Gasteiger partial charge >= 0.3 is 5.97 Å². The van der Waals surface area contributed by atoms with E-state index in [4.69, 9.17) is 9.84 Å². The van der Waals surface area contributed by atoms with Crippen molar-refractivity contribution in [2.75, 3.05) is 5.32 Å². The third-order valence-corrected chi connectivity index (χ3v) is 4.90. The minimum Gasteiger partial charge on any atom is -0.407 e. The lowest BCUT2D eigenvalue weighted by atomic mass is 10.00. The zero-order valence-corrected chi connectivity index (χ0v) is 18.1. The van der Waals surface area contributed by atoms with Crippen LogP contribution in [0.25, 0.3) is 28.1 Å². The molecular formula is C26H23N3O3. The predicted molar refractivity (Wildman–Crippen MR) is 125 cm³/mol. The third kappa shape index (κ3) is 4.44. The highest BCUT2D eigenvalue weighted by Crippen LogP contribution is 2.41. The number of anilines is 1. The van der Waals surface area contributed by atoms with Gasteiger partial charge in [0.1, 0.15) is 5.69 Å². The summed E-state index contributed by atoms with van der Waals surface area (Å²) in [6.07, 6.45) is 0. The molecule has 6 heteroatoms. The highest BCUT2D eigenvalue weighted by atomic mass is 16.5. The molecule has 3 aromatic carbocycles. The Labute approximate surface area is 186 Å². The number of aromatic nitrogens is 2. The van der Waals surface area contributed by atoms with Gasteiger partial charge < -0.3 is 10.1 Å². The quantitative estimate of drug-likeness (QED) is 0.435. The lowest BCUT2D eigenvalue weighted by molar-refractivity contribution is -0.132. The molecule has 1 heterocycles. The fourth-order valence-electron chi connectivity index (χ4n) is 3.47. The summed E-state index contributed by atoms with van der Waals surface area (Å²) in [5.74, 6) is -0.240. The number of rotatable bonds is 5. The fourth-order valence-corrected chi connectivity index (χ4v) is 3.47. The first kappa shape index (κ1) is 21.1. The Morgan fingerprint density at radius 1 is 0.844 bits per heavy atom. The number of amides is 1. The van der Waals surface area contributed by atoms with Crippen molar-refractivity contribution in [3.8, 4) is 34.0 Å². The first-order chi connectivity index (χ1) is 15.4. The van der Waals surface area contributed by atoms with E-state index in [1.165, 1.54) is 13.8 Å². The van der Waals surface area contributed by atoms with Gasteiger partial charge in [0.2, 0.25) is 11.8 Å². The molecule has 1 N–H and O–H groups in total. The molecule has 0 unspecified atom stereocenters. The molecule has 0 spiro atoms. The van der Waals surface area contributed by atoms with Crippen LogP contribution in [0.1, 0.15) is 19.4 Å². The van der Waals surface area contributed by atoms with E-state index < -0.39 is 5.97 Å². The van der Waals surface area contributed by atoms with Gasteiger partial charge in [-0.25, -0.2) is 0 Å². The van der Waals surface area contributed by atoms with Crippen LogP contribution in [0.3, 0.4) is 0 Å². The highest BCUT2D eigenvalue weighted by molar-refractivity contribution is 5.91. The molecule has 0 aliphatic rings. The first-order valence-corrected chi connectivity index (χ1v) is 10.2. The molecule has 160 valence electrons. The maximum absolute atomic E-state index is 12.0. The second-order valence-corrected chi connectivity index (χ2v) is 7.49. The van der Waals surface area contributed by atoms with Gasteiger partial charge in [0.15, 0.2) is 0 Å². The minimum atomic E-state index is -0.436. The van der Waals surface area contributed by atoms with Gasteiger partial charge in [-0.3, -0.25) is 9.59 Å². The van der Waals surface area contributed by atoms with Crippen LogP contribution in [0.15, 0.2) is 78.9 Å². The summed E-state index contributed by atoms with van der Waals surface area (Å²) in [7, 11) is 0. The molecular weight excluding hydrogens is 402 g/mol. The first-order valence-electron chi connectivity index (χ1n) is 10.2. The zero-order valence-electron chi connectivity index (χ0n) is 18.1. The maximum atomic E-state index is 12.0. The van der Waals surface area contributed by atoms with Crippen LogP contribution in [-0.2, 0) is 9.59 Å². The topological polar surface area (TPSA) is 73.2 Å². The molecule has 0 atom stereocenters. The normalized spacial score (nSPS) is 10.6. The molecule has 0 bridgehead atoms. The summed E-state index contributed by atoms with van der Waals surface area (Å²) >= 11 is 0. The average Bonchev–Trinajstić information content (AvgIpc) is 3.13. The van der Waals surface area contributed by atoms with Crippen molar-refractivity contribution in [1.82, 2.24) is 9.78 Å². The summed E-state index contributed by atoms with van der Waals surface area (Å²) < 4.78 is 7.34. The van der Waals surface area contributed by atoms with Gasteiger partial charge in [0.25, 0.3) is 0 Å². The van der Waals surface area contributed by atoms with Crippen LogP contribution in [0, 0.1) is 6.92 Å². The summed E-state index contributed by atoms with van der Waals surface area (Å²) in [6.45, 7) is 4.86. The monoisotopic (exact) mass is 425 g/mol. The zero-order chi connectivity index (χ0) is 22.7. The van der Waals surface area contributed by atoms with E-state index in [0.717, 1.165) is 22.4 Å². The Bertz CT molecular complexity index is 1260. The van der Waals surface area contributed by atoms with Gasteiger partial charge in [-0.1, -0.05) is 60.2 Å². The number of aryl methyl sites for hydroxylation is 1. The van der Waals surface area contributed by atoms with Crippen molar-refractivity contribution >= 4 is 17.6 Å². The van der Waals surface area contributed by atoms with Gasteiger partial charge in [0, 0.05) is 25.1 Å². The van der Waals surface area contributed by atoms with Gasteiger partial charge in [-0.2, -0.15) is 9.78 Å². The minimum absolute atomic E-state index is 0.143. The van der Waals surface area contributed by atoms with E-state index in [1.807, 2.05) is 85.8 Å². The number of esters is 1. The molecule has 0 saturated heterocycles. The number of nitrogens with zero attached hydrogens (tertiary/aromatic N) is 2. The molecule has 32 heavy (non-hydrogen) atoms. The van der Waals surface area contributed by atoms with Gasteiger partial charge in [-0.05, 0) is 36.8 Å². The van der Waals surface area contributed by atoms with Gasteiger partial charge in [-0.15, -0.1) is 0 Å². The maximum Gasteiger partial charge on any atom is 0.309 e. The summed E-state index contributed by atoms with van der Waals surface area (Å²) in [5.41, 5.74) is 5.70. The number of ether oxygens (including phenoxy) is 1. The smallest absolute Gasteiger partial charge is 0.309 e. The van der Waals surface area contributed by atoms with Crippen molar-refractivity contribution in [3.05, 3.63) is 84.4 Å². The van der Waals surface area contributed by atoms with Crippen LogP contribution in [0.2, 0.25) is 0 Å². The van der Waals surface area contributed by atoms with Crippen LogP contribution < -0.4 is 10.1 Å². The lowest BCUT2D eigenvalue weighted by Crippen LogP contribution is -2.08. The lowest BCUT2D eigenvalue weighted by Gasteiger charge is -2.10. The molecule has 1 amide bonds. The van der Waals surface area contributed by atoms with Crippen LogP contribution in [0.4, 0.5) is 5.69 Å². The second kappa shape index (κ2) is 8.89. The number of nitrogens with one attached hydrogen (secondary N) is 1. The van der Waals surface area contributed by atoms with Gasteiger partial charge in [0.05, 0.1) is 11.3 Å². The van der Waals surface area contributed by atoms with E-state index in [2.05, 4.69) is 5.32 Å². The molecule has 0 aliphatic heterocycles. The fraction of sp³-hybridized carbons (Fsp3) is 0.115. The van der Waals surface area contributed by atoms with Crippen molar-refractivity contribution < 1.29 is 14.3 Å². The number of para-hydroxylation sites is 1. The molecule has 6 nitrogen and oxygen atoms in total. The Balaban J connectivity index is 1.96. The van der Waals surface area contributed by atoms with Crippen molar-refractivity contribution in [2.24, 2.45) is 0 Å². The Morgan fingerprint density at radius 2 is 1.47 bits per heavy atom. The molecule has 0 aliphatic carbocycles. The summed E-state index contributed by atoms with van der Waals surface area (Å²) in [6, 6.07) is 25.0. The van der Waals surface area contributed by atoms with Crippen molar-refractivity contribution in [2.45, 2.75) is 20.8 Å². The molecule has 0 fully saturated rings. The largest absolute Gasteiger partial charge is 0.407 e. The van der Waals surface area contributed by atoms with Crippen molar-refractivity contribution in [3.63, 3.8) is 0 Å². The van der Waals surface area contributed by atoms with E-state index in [9.17, 15) is 9.59 Å².